The van der Waals surface area contributed by atoms with Gasteiger partial charge < -0.3 is 4.79 Å². The highest BCUT2D eigenvalue weighted by molar-refractivity contribution is 5.77. The number of benzene rings is 2. The molecular formula is C21H17N3O. The highest BCUT2D eigenvalue weighted by Gasteiger charge is 2.09. The Morgan fingerprint density at radius 1 is 0.880 bits per heavy atom. The number of hydrogen-bond acceptors (Lipinski definition) is 3. The van der Waals surface area contributed by atoms with E-state index in [0.717, 1.165) is 46.2 Å². The first-order valence-corrected chi connectivity index (χ1v) is 8.27. The van der Waals surface area contributed by atoms with Crippen LogP contribution >= 0.6 is 0 Å². The number of aryl methyl sites for hydroxylation is 1. The second-order valence-electron chi connectivity index (χ2n) is 5.94. The van der Waals surface area contributed by atoms with Gasteiger partial charge in [-0.05, 0) is 23.1 Å². The molecule has 0 spiro atoms. The van der Waals surface area contributed by atoms with E-state index < -0.39 is 0 Å². The van der Waals surface area contributed by atoms with Gasteiger partial charge in [0.1, 0.15) is 6.29 Å². The van der Waals surface area contributed by atoms with E-state index in [1.165, 1.54) is 0 Å². The van der Waals surface area contributed by atoms with Gasteiger partial charge in [-0.1, -0.05) is 54.6 Å². The maximum absolute atomic E-state index is 10.5. The smallest absolute Gasteiger partial charge is 0.162 e. The molecule has 0 fully saturated rings. The highest BCUT2D eigenvalue weighted by Crippen LogP contribution is 2.25. The number of aromatic nitrogens is 3. The zero-order chi connectivity index (χ0) is 17.1. The quantitative estimate of drug-likeness (QED) is 0.516. The van der Waals surface area contributed by atoms with E-state index in [1.54, 1.807) is 0 Å². The van der Waals surface area contributed by atoms with Crippen molar-refractivity contribution in [3.05, 3.63) is 78.8 Å². The van der Waals surface area contributed by atoms with Crippen molar-refractivity contribution >= 4 is 11.9 Å². The normalized spacial score (nSPS) is 10.9. The van der Waals surface area contributed by atoms with Crippen molar-refractivity contribution in [1.29, 1.82) is 0 Å². The average molecular weight is 327 g/mol. The van der Waals surface area contributed by atoms with E-state index in [4.69, 9.17) is 0 Å². The first-order valence-electron chi connectivity index (χ1n) is 8.27. The number of rotatable bonds is 5. The first kappa shape index (κ1) is 15.3. The van der Waals surface area contributed by atoms with Gasteiger partial charge in [0, 0.05) is 29.9 Å². The summed E-state index contributed by atoms with van der Waals surface area (Å²) in [5.74, 6) is 0. The number of fused-ring (bicyclic) bond motifs is 1. The van der Waals surface area contributed by atoms with Crippen LogP contribution in [0, 0.1) is 0 Å². The van der Waals surface area contributed by atoms with Crippen LogP contribution in [0.4, 0.5) is 0 Å². The third-order valence-electron chi connectivity index (χ3n) is 4.28. The van der Waals surface area contributed by atoms with E-state index in [0.29, 0.717) is 6.42 Å². The lowest BCUT2D eigenvalue weighted by molar-refractivity contribution is -0.107. The molecule has 122 valence electrons. The van der Waals surface area contributed by atoms with Gasteiger partial charge in [-0.25, -0.2) is 9.50 Å². The molecule has 0 aliphatic heterocycles. The monoisotopic (exact) mass is 327 g/mol. The number of nitrogens with zero attached hydrogens (tertiary/aromatic N) is 3. The number of carbonyl (C=O) groups excluding carboxylic acids is 1. The minimum absolute atomic E-state index is 0.558. The average Bonchev–Trinajstić information content (AvgIpc) is 3.10. The Morgan fingerprint density at radius 2 is 1.68 bits per heavy atom. The molecule has 2 heterocycles. The molecule has 0 aliphatic carbocycles. The fourth-order valence-electron chi connectivity index (χ4n) is 2.93. The molecule has 0 N–H and O–H groups in total. The maximum atomic E-state index is 10.5. The lowest BCUT2D eigenvalue weighted by Gasteiger charge is -2.05. The van der Waals surface area contributed by atoms with Crippen molar-refractivity contribution in [3.63, 3.8) is 0 Å². The zero-order valence-electron chi connectivity index (χ0n) is 13.7. The third-order valence-corrected chi connectivity index (χ3v) is 4.28. The van der Waals surface area contributed by atoms with Crippen LogP contribution in [0.1, 0.15) is 12.0 Å². The molecule has 0 amide bonds. The SMILES string of the molecule is O=CCCc1ccc(-c2cnc3c(-c4ccccc4)cnn3c2)cc1. The summed E-state index contributed by atoms with van der Waals surface area (Å²) < 4.78 is 1.82. The molecule has 2 aromatic carbocycles. The standard InChI is InChI=1S/C21H17N3O/c25-12-4-5-16-8-10-17(11-9-16)19-13-22-21-20(14-23-24(21)15-19)18-6-2-1-3-7-18/h1-3,6-15H,4-5H2. The summed E-state index contributed by atoms with van der Waals surface area (Å²) in [5.41, 5.74) is 6.24. The lowest BCUT2D eigenvalue weighted by atomic mass is 10.0. The Morgan fingerprint density at radius 3 is 2.44 bits per heavy atom. The van der Waals surface area contributed by atoms with Crippen LogP contribution in [0.5, 0.6) is 0 Å². The second kappa shape index (κ2) is 6.69. The van der Waals surface area contributed by atoms with Crippen molar-refractivity contribution in [2.75, 3.05) is 0 Å². The number of hydrogen-bond donors (Lipinski definition) is 0. The van der Waals surface area contributed by atoms with Gasteiger partial charge in [0.2, 0.25) is 0 Å². The van der Waals surface area contributed by atoms with Crippen molar-refractivity contribution in [2.24, 2.45) is 0 Å². The number of aldehydes is 1. The topological polar surface area (TPSA) is 47.3 Å². The predicted octanol–water partition coefficient (Wildman–Crippen LogP) is 4.19. The molecule has 0 radical (unpaired) electrons. The van der Waals surface area contributed by atoms with Gasteiger partial charge in [0.15, 0.2) is 5.65 Å². The summed E-state index contributed by atoms with van der Waals surface area (Å²) in [6.45, 7) is 0. The molecule has 0 atom stereocenters. The van der Waals surface area contributed by atoms with Crippen LogP contribution in [0.2, 0.25) is 0 Å². The second-order valence-corrected chi connectivity index (χ2v) is 5.94. The molecule has 0 saturated carbocycles. The van der Waals surface area contributed by atoms with Gasteiger partial charge in [0.05, 0.1) is 6.20 Å². The molecule has 4 rings (SSSR count). The molecule has 2 aromatic heterocycles. The molecular weight excluding hydrogens is 310 g/mol. The van der Waals surface area contributed by atoms with Gasteiger partial charge in [-0.15, -0.1) is 0 Å². The third kappa shape index (κ3) is 3.06. The van der Waals surface area contributed by atoms with Gasteiger partial charge in [-0.3, -0.25) is 0 Å². The van der Waals surface area contributed by atoms with E-state index in [9.17, 15) is 4.79 Å². The Labute approximate surface area is 145 Å². The molecule has 4 heteroatoms. The van der Waals surface area contributed by atoms with Crippen LogP contribution < -0.4 is 0 Å². The summed E-state index contributed by atoms with van der Waals surface area (Å²) >= 11 is 0. The van der Waals surface area contributed by atoms with E-state index >= 15 is 0 Å². The minimum atomic E-state index is 0.558. The molecule has 0 aliphatic rings. The van der Waals surface area contributed by atoms with Crippen molar-refractivity contribution in [3.8, 4) is 22.3 Å². The van der Waals surface area contributed by atoms with Crippen LogP contribution in [0.25, 0.3) is 27.9 Å². The molecule has 0 unspecified atom stereocenters. The Bertz CT molecular complexity index is 1000. The largest absolute Gasteiger partial charge is 0.303 e. The maximum Gasteiger partial charge on any atom is 0.162 e. The molecule has 4 aromatic rings. The molecule has 0 bridgehead atoms. The Kier molecular flexibility index (Phi) is 4.09. The fourth-order valence-corrected chi connectivity index (χ4v) is 2.93. The molecule has 25 heavy (non-hydrogen) atoms. The minimum Gasteiger partial charge on any atom is -0.303 e. The van der Waals surface area contributed by atoms with Gasteiger partial charge >= 0.3 is 0 Å². The number of carbonyl (C=O) groups is 1. The van der Waals surface area contributed by atoms with E-state index in [1.807, 2.05) is 41.3 Å². The lowest BCUT2D eigenvalue weighted by Crippen LogP contribution is -1.92. The van der Waals surface area contributed by atoms with Crippen LogP contribution in [-0.4, -0.2) is 20.9 Å². The summed E-state index contributed by atoms with van der Waals surface area (Å²) in [6.07, 6.45) is 8.01. The van der Waals surface area contributed by atoms with Crippen LogP contribution in [0.3, 0.4) is 0 Å². The summed E-state index contributed by atoms with van der Waals surface area (Å²) in [6, 6.07) is 18.4. The zero-order valence-corrected chi connectivity index (χ0v) is 13.7. The van der Waals surface area contributed by atoms with Crippen LogP contribution in [0.15, 0.2) is 73.2 Å². The Hall–Kier alpha value is -3.27. The Balaban J connectivity index is 1.67. The predicted molar refractivity (Wildman–Crippen MR) is 98.2 cm³/mol. The molecule has 0 saturated heterocycles. The summed E-state index contributed by atoms with van der Waals surface area (Å²) in [4.78, 5) is 15.1. The van der Waals surface area contributed by atoms with Gasteiger partial charge in [-0.2, -0.15) is 5.10 Å². The highest BCUT2D eigenvalue weighted by atomic mass is 16.1. The van der Waals surface area contributed by atoms with Crippen molar-refractivity contribution < 1.29 is 4.79 Å². The van der Waals surface area contributed by atoms with Crippen molar-refractivity contribution in [1.82, 2.24) is 14.6 Å². The summed E-state index contributed by atoms with van der Waals surface area (Å²) in [7, 11) is 0. The van der Waals surface area contributed by atoms with Crippen molar-refractivity contribution in [2.45, 2.75) is 12.8 Å². The summed E-state index contributed by atoms with van der Waals surface area (Å²) in [5, 5.41) is 4.45. The first-order chi connectivity index (χ1) is 12.3. The fraction of sp³-hybridized carbons (Fsp3) is 0.0952. The van der Waals surface area contributed by atoms with Crippen LogP contribution in [-0.2, 0) is 11.2 Å². The van der Waals surface area contributed by atoms with E-state index in [-0.39, 0.29) is 0 Å². The van der Waals surface area contributed by atoms with E-state index in [2.05, 4.69) is 46.5 Å². The van der Waals surface area contributed by atoms with Gasteiger partial charge in [0.25, 0.3) is 0 Å². The molecule has 4 nitrogen and oxygen atoms in total.